The third kappa shape index (κ3) is 5.23. The van der Waals surface area contributed by atoms with Crippen LogP contribution in [0.1, 0.15) is 34.3 Å². The van der Waals surface area contributed by atoms with Crippen molar-refractivity contribution in [3.63, 3.8) is 0 Å². The molecule has 0 bridgehead atoms. The highest BCUT2D eigenvalue weighted by Gasteiger charge is 2.38. The molecule has 3 rings (SSSR count). The summed E-state index contributed by atoms with van der Waals surface area (Å²) in [5, 5.41) is 7.60. The molecule has 12 heteroatoms. The van der Waals surface area contributed by atoms with Crippen LogP contribution in [0.2, 0.25) is 0 Å². The van der Waals surface area contributed by atoms with Crippen molar-refractivity contribution in [3.8, 4) is 0 Å². The second-order valence-electron chi connectivity index (χ2n) is 7.42. The number of benzene rings is 2. The molecule has 0 spiro atoms. The molecule has 2 aromatic rings. The lowest BCUT2D eigenvalue weighted by Crippen LogP contribution is -2.40. The van der Waals surface area contributed by atoms with E-state index >= 15 is 0 Å². The van der Waals surface area contributed by atoms with Gasteiger partial charge in [0.05, 0.1) is 21.7 Å². The van der Waals surface area contributed by atoms with E-state index in [0.29, 0.717) is 0 Å². The number of hydrogen-bond donors (Lipinski definition) is 2. The van der Waals surface area contributed by atoms with Crippen molar-refractivity contribution in [3.05, 3.63) is 52.8 Å². The number of piperidine rings is 1. The van der Waals surface area contributed by atoms with Crippen molar-refractivity contribution in [1.82, 2.24) is 0 Å². The molecule has 1 aliphatic heterocycles. The number of halogens is 6. The highest BCUT2D eigenvalue weighted by Crippen LogP contribution is 2.38. The zero-order chi connectivity index (χ0) is 23.8. The number of aryl methyl sites for hydroxylation is 1. The zero-order valence-electron chi connectivity index (χ0n) is 16.7. The van der Waals surface area contributed by atoms with Crippen LogP contribution in [0.25, 0.3) is 0 Å². The van der Waals surface area contributed by atoms with Crippen LogP contribution < -0.4 is 15.4 Å². The van der Waals surface area contributed by atoms with Crippen LogP contribution >= 0.6 is 0 Å². The maximum absolute atomic E-state index is 13.7. The number of carbonyl (C=O) groups excluding carboxylic acids is 1. The summed E-state index contributed by atoms with van der Waals surface area (Å²) >= 11 is 0. The third-order valence-electron chi connectivity index (χ3n) is 5.13. The lowest BCUT2D eigenvalue weighted by atomic mass is 9.98. The first-order chi connectivity index (χ1) is 14.8. The molecule has 1 heterocycles. The quantitative estimate of drug-likeness (QED) is 0.629. The first-order valence-corrected chi connectivity index (χ1v) is 10.6. The van der Waals surface area contributed by atoms with Crippen molar-refractivity contribution < 1.29 is 35.3 Å². The lowest BCUT2D eigenvalue weighted by molar-refractivity contribution is -0.138. The van der Waals surface area contributed by atoms with Crippen LogP contribution in [-0.4, -0.2) is 29.1 Å². The van der Waals surface area contributed by atoms with Gasteiger partial charge < -0.3 is 10.2 Å². The highest BCUT2D eigenvalue weighted by atomic mass is 32.2. The molecule has 1 atom stereocenters. The first-order valence-electron chi connectivity index (χ1n) is 9.40. The van der Waals surface area contributed by atoms with Crippen LogP contribution in [0.3, 0.4) is 0 Å². The second kappa shape index (κ2) is 8.74. The van der Waals surface area contributed by atoms with Gasteiger partial charge in [-0.05, 0) is 42.8 Å². The summed E-state index contributed by atoms with van der Waals surface area (Å²) < 4.78 is 92.6. The van der Waals surface area contributed by atoms with Gasteiger partial charge in [-0.2, -0.15) is 13.2 Å². The fraction of sp³-hybridized carbons (Fsp3) is 0.350. The highest BCUT2D eigenvalue weighted by molar-refractivity contribution is 7.82. The number of nitrogens with two attached hydrogens (primary N) is 1. The van der Waals surface area contributed by atoms with Gasteiger partial charge in [-0.3, -0.25) is 4.79 Å². The molecule has 32 heavy (non-hydrogen) atoms. The standard InChI is InChI=1S/C20H19F6N3O2S/c1-11-8-13(18(30)28-12-2-3-15(21)17(9-12)32(27)31)16(10-14(11)20(24,25)26)29-6-4-19(22,23)5-7-29/h2-3,8-10H,4-7,27H2,1H3,(H,28,30)/t32-/m0/s1. The Hall–Kier alpha value is -2.60. The molecule has 3 N–H and O–H groups in total. The van der Waals surface area contributed by atoms with E-state index in [4.69, 9.17) is 5.14 Å². The molecule has 1 aliphatic rings. The van der Waals surface area contributed by atoms with Crippen molar-refractivity contribution in [2.75, 3.05) is 23.3 Å². The van der Waals surface area contributed by atoms with Gasteiger partial charge in [-0.1, -0.05) is 0 Å². The van der Waals surface area contributed by atoms with E-state index in [-0.39, 0.29) is 40.5 Å². The molecule has 1 saturated heterocycles. The smallest absolute Gasteiger partial charge is 0.370 e. The molecular formula is C20H19F6N3O2S. The average Bonchev–Trinajstić information content (AvgIpc) is 2.68. The fourth-order valence-electron chi connectivity index (χ4n) is 3.45. The Labute approximate surface area is 182 Å². The van der Waals surface area contributed by atoms with Crippen molar-refractivity contribution in [1.29, 1.82) is 0 Å². The number of hydrogen-bond acceptors (Lipinski definition) is 3. The van der Waals surface area contributed by atoms with E-state index < -0.39 is 53.2 Å². The zero-order valence-corrected chi connectivity index (χ0v) is 17.5. The van der Waals surface area contributed by atoms with Gasteiger partial charge in [-0.15, -0.1) is 0 Å². The van der Waals surface area contributed by atoms with E-state index in [1.807, 2.05) is 0 Å². The van der Waals surface area contributed by atoms with Crippen LogP contribution in [0.15, 0.2) is 35.2 Å². The summed E-state index contributed by atoms with van der Waals surface area (Å²) in [6.45, 7) is 0.711. The SMILES string of the molecule is Cc1cc(C(=O)Nc2ccc(F)c([S@@](N)=O)c2)c(N2CCC(F)(F)CC2)cc1C(F)(F)F. The molecular weight excluding hydrogens is 460 g/mol. The summed E-state index contributed by atoms with van der Waals surface area (Å²) in [6, 6.07) is 4.95. The Balaban J connectivity index is 2.01. The number of anilines is 2. The summed E-state index contributed by atoms with van der Waals surface area (Å²) in [5.41, 5.74) is -1.50. The van der Waals surface area contributed by atoms with Gasteiger partial charge in [0.1, 0.15) is 16.8 Å². The van der Waals surface area contributed by atoms with E-state index in [1.54, 1.807) is 0 Å². The monoisotopic (exact) mass is 479 g/mol. The number of rotatable bonds is 4. The summed E-state index contributed by atoms with van der Waals surface area (Å²) in [7, 11) is -2.17. The largest absolute Gasteiger partial charge is 0.416 e. The first kappa shape index (κ1) is 24.1. The van der Waals surface area contributed by atoms with Crippen molar-refractivity contribution in [2.45, 2.75) is 36.8 Å². The van der Waals surface area contributed by atoms with Gasteiger partial charge in [0.15, 0.2) is 0 Å². The molecule has 2 aromatic carbocycles. The van der Waals surface area contributed by atoms with Crippen LogP contribution in [0.5, 0.6) is 0 Å². The summed E-state index contributed by atoms with van der Waals surface area (Å²) in [5.74, 6) is -4.63. The minimum Gasteiger partial charge on any atom is -0.370 e. The third-order valence-corrected chi connectivity index (χ3v) is 5.88. The predicted molar refractivity (Wildman–Crippen MR) is 108 cm³/mol. The Morgan fingerprint density at radius 2 is 1.78 bits per heavy atom. The molecule has 0 radical (unpaired) electrons. The van der Waals surface area contributed by atoms with Crippen LogP contribution in [-0.2, 0) is 17.2 Å². The van der Waals surface area contributed by atoms with Gasteiger partial charge in [0, 0.05) is 31.6 Å². The number of amides is 1. The average molecular weight is 479 g/mol. The van der Waals surface area contributed by atoms with E-state index in [2.05, 4.69) is 5.32 Å². The minimum atomic E-state index is -4.70. The Bertz CT molecular complexity index is 1060. The summed E-state index contributed by atoms with van der Waals surface area (Å²) in [4.78, 5) is 13.9. The molecule has 1 amide bonds. The van der Waals surface area contributed by atoms with Crippen LogP contribution in [0.4, 0.5) is 37.7 Å². The van der Waals surface area contributed by atoms with Crippen LogP contribution in [0, 0.1) is 12.7 Å². The van der Waals surface area contributed by atoms with Gasteiger partial charge in [0.25, 0.3) is 11.8 Å². The number of alkyl halides is 5. The Morgan fingerprint density at radius 1 is 1.16 bits per heavy atom. The molecule has 0 aromatic heterocycles. The second-order valence-corrected chi connectivity index (χ2v) is 8.46. The molecule has 1 fully saturated rings. The topological polar surface area (TPSA) is 75.4 Å². The van der Waals surface area contributed by atoms with Gasteiger partial charge >= 0.3 is 6.18 Å². The molecule has 0 aliphatic carbocycles. The van der Waals surface area contributed by atoms with Crippen molar-refractivity contribution in [2.24, 2.45) is 5.14 Å². The van der Waals surface area contributed by atoms with E-state index in [9.17, 15) is 35.3 Å². The molecule has 0 unspecified atom stereocenters. The Kier molecular flexibility index (Phi) is 6.57. The van der Waals surface area contributed by atoms with Crippen molar-refractivity contribution >= 4 is 28.3 Å². The Morgan fingerprint density at radius 3 is 2.34 bits per heavy atom. The molecule has 174 valence electrons. The van der Waals surface area contributed by atoms with Gasteiger partial charge in [-0.25, -0.2) is 22.5 Å². The lowest BCUT2D eigenvalue weighted by Gasteiger charge is -2.35. The number of nitrogens with zero attached hydrogens (tertiary/aromatic N) is 1. The van der Waals surface area contributed by atoms with Gasteiger partial charge in [0.2, 0.25) is 0 Å². The fourth-order valence-corrected chi connectivity index (χ4v) is 3.96. The van der Waals surface area contributed by atoms with E-state index in [1.165, 1.54) is 17.9 Å². The molecule has 0 saturated carbocycles. The normalized spacial score (nSPS) is 17.2. The number of carbonyl (C=O) groups is 1. The maximum atomic E-state index is 13.7. The van der Waals surface area contributed by atoms with E-state index in [0.717, 1.165) is 24.3 Å². The number of nitrogens with one attached hydrogen (secondary N) is 1. The predicted octanol–water partition coefficient (Wildman–Crippen LogP) is 4.62. The minimum absolute atomic E-state index is 0.0129. The molecule has 5 nitrogen and oxygen atoms in total. The maximum Gasteiger partial charge on any atom is 0.416 e. The summed E-state index contributed by atoms with van der Waals surface area (Å²) in [6.07, 6.45) is -5.83.